The average Bonchev–Trinajstić information content (AvgIpc) is 2.79. The van der Waals surface area contributed by atoms with Crippen LogP contribution in [0.25, 0.3) is 0 Å². The van der Waals surface area contributed by atoms with Crippen molar-refractivity contribution in [3.8, 4) is 0 Å². The van der Waals surface area contributed by atoms with Gasteiger partial charge < -0.3 is 0 Å². The predicted molar refractivity (Wildman–Crippen MR) is 76.4 cm³/mol. The van der Waals surface area contributed by atoms with Gasteiger partial charge in [0.2, 0.25) is 0 Å². The number of nitrogens with zero attached hydrogens (tertiary/aromatic N) is 1. The number of thiophene rings is 1. The molecule has 5 heteroatoms. The van der Waals surface area contributed by atoms with Crippen LogP contribution in [0.2, 0.25) is 4.34 Å². The lowest BCUT2D eigenvalue weighted by Crippen LogP contribution is -2.25. The summed E-state index contributed by atoms with van der Waals surface area (Å²) in [6, 6.07) is 9.74. The first kappa shape index (κ1) is 14.2. The standard InChI is InChI=1S/C14H13ClFNOS/c1-17(8-10-2-4-11(16)5-3-10)9-12(18)13-6-7-14(15)19-13/h2-7H,8-9H2,1H3. The summed E-state index contributed by atoms with van der Waals surface area (Å²) in [5, 5.41) is 0. The van der Waals surface area contributed by atoms with Gasteiger partial charge >= 0.3 is 0 Å². The fourth-order valence-electron chi connectivity index (χ4n) is 1.74. The van der Waals surface area contributed by atoms with Crippen LogP contribution >= 0.6 is 22.9 Å². The van der Waals surface area contributed by atoms with E-state index in [1.807, 2.05) is 11.9 Å². The number of benzene rings is 1. The van der Waals surface area contributed by atoms with E-state index >= 15 is 0 Å². The first-order valence-corrected chi connectivity index (χ1v) is 6.95. The summed E-state index contributed by atoms with van der Waals surface area (Å²) >= 11 is 7.09. The average molecular weight is 298 g/mol. The number of halogens is 2. The summed E-state index contributed by atoms with van der Waals surface area (Å²) in [4.78, 5) is 14.5. The topological polar surface area (TPSA) is 20.3 Å². The van der Waals surface area contributed by atoms with Gasteiger partial charge in [0.1, 0.15) is 5.82 Å². The van der Waals surface area contributed by atoms with Gasteiger partial charge in [-0.15, -0.1) is 11.3 Å². The van der Waals surface area contributed by atoms with Crippen LogP contribution in [0.15, 0.2) is 36.4 Å². The SMILES string of the molecule is CN(CC(=O)c1ccc(Cl)s1)Cc1ccc(F)cc1. The molecule has 2 nitrogen and oxygen atoms in total. The molecule has 0 radical (unpaired) electrons. The second kappa shape index (κ2) is 6.28. The van der Waals surface area contributed by atoms with Crippen LogP contribution in [0.5, 0.6) is 0 Å². The highest BCUT2D eigenvalue weighted by atomic mass is 35.5. The van der Waals surface area contributed by atoms with E-state index in [-0.39, 0.29) is 11.6 Å². The molecule has 0 aliphatic rings. The Morgan fingerprint density at radius 2 is 1.95 bits per heavy atom. The number of carbonyl (C=O) groups excluding carboxylic acids is 1. The van der Waals surface area contributed by atoms with Crippen molar-refractivity contribution in [1.82, 2.24) is 4.90 Å². The highest BCUT2D eigenvalue weighted by molar-refractivity contribution is 7.18. The molecule has 1 heterocycles. The molecule has 0 aliphatic heterocycles. The number of hydrogen-bond acceptors (Lipinski definition) is 3. The first-order chi connectivity index (χ1) is 9.04. The number of hydrogen-bond donors (Lipinski definition) is 0. The van der Waals surface area contributed by atoms with Crippen LogP contribution in [0.3, 0.4) is 0 Å². The van der Waals surface area contributed by atoms with E-state index in [4.69, 9.17) is 11.6 Å². The van der Waals surface area contributed by atoms with E-state index in [0.29, 0.717) is 22.3 Å². The summed E-state index contributed by atoms with van der Waals surface area (Å²) < 4.78 is 13.4. The summed E-state index contributed by atoms with van der Waals surface area (Å²) in [6.45, 7) is 0.916. The molecular weight excluding hydrogens is 285 g/mol. The molecule has 2 rings (SSSR count). The Balaban J connectivity index is 1.92. The van der Waals surface area contributed by atoms with Crippen molar-refractivity contribution >= 4 is 28.7 Å². The van der Waals surface area contributed by atoms with E-state index in [1.54, 1.807) is 24.3 Å². The first-order valence-electron chi connectivity index (χ1n) is 5.76. The second-order valence-corrected chi connectivity index (χ2v) is 6.04. The van der Waals surface area contributed by atoms with Crippen LogP contribution in [0.1, 0.15) is 15.2 Å². The largest absolute Gasteiger partial charge is 0.295 e. The van der Waals surface area contributed by atoms with Crippen molar-refractivity contribution in [2.24, 2.45) is 0 Å². The van der Waals surface area contributed by atoms with E-state index < -0.39 is 0 Å². The Bertz CT molecular complexity index is 567. The minimum atomic E-state index is -0.254. The fourth-order valence-corrected chi connectivity index (χ4v) is 2.72. The zero-order valence-corrected chi connectivity index (χ0v) is 12.0. The van der Waals surface area contributed by atoms with Gasteiger partial charge in [-0.05, 0) is 36.9 Å². The van der Waals surface area contributed by atoms with Crippen molar-refractivity contribution in [3.63, 3.8) is 0 Å². The van der Waals surface area contributed by atoms with Gasteiger partial charge in [0.05, 0.1) is 15.8 Å². The van der Waals surface area contributed by atoms with Gasteiger partial charge in [-0.2, -0.15) is 0 Å². The highest BCUT2D eigenvalue weighted by Crippen LogP contribution is 2.22. The molecule has 0 fully saturated rings. The lowest BCUT2D eigenvalue weighted by molar-refractivity contribution is 0.0947. The molecule has 0 aliphatic carbocycles. The smallest absolute Gasteiger partial charge is 0.186 e. The number of carbonyl (C=O) groups is 1. The highest BCUT2D eigenvalue weighted by Gasteiger charge is 2.11. The van der Waals surface area contributed by atoms with Gasteiger partial charge in [0.25, 0.3) is 0 Å². The van der Waals surface area contributed by atoms with E-state index in [9.17, 15) is 9.18 Å². The summed E-state index contributed by atoms with van der Waals surface area (Å²) in [5.74, 6) is -0.211. The van der Waals surface area contributed by atoms with E-state index in [1.165, 1.54) is 23.5 Å². The number of Topliss-reactive ketones (excluding diaryl/α,β-unsaturated/α-hetero) is 1. The zero-order chi connectivity index (χ0) is 13.8. The molecule has 0 saturated heterocycles. The molecule has 19 heavy (non-hydrogen) atoms. The van der Waals surface area contributed by atoms with Crippen molar-refractivity contribution in [1.29, 1.82) is 0 Å². The second-order valence-electron chi connectivity index (χ2n) is 4.33. The lowest BCUT2D eigenvalue weighted by atomic mass is 10.2. The molecule has 0 saturated carbocycles. The maximum atomic E-state index is 12.8. The third kappa shape index (κ3) is 4.13. The lowest BCUT2D eigenvalue weighted by Gasteiger charge is -2.15. The van der Waals surface area contributed by atoms with Crippen LogP contribution in [-0.4, -0.2) is 24.3 Å². The molecule has 0 N–H and O–H groups in total. The van der Waals surface area contributed by atoms with Gasteiger partial charge in [-0.25, -0.2) is 4.39 Å². The third-order valence-electron chi connectivity index (χ3n) is 2.63. The van der Waals surface area contributed by atoms with Crippen molar-refractivity contribution < 1.29 is 9.18 Å². The Hall–Kier alpha value is -1.23. The molecule has 0 atom stereocenters. The van der Waals surface area contributed by atoms with Crippen molar-refractivity contribution in [2.45, 2.75) is 6.54 Å². The molecule has 0 bridgehead atoms. The number of rotatable bonds is 5. The van der Waals surface area contributed by atoms with Crippen molar-refractivity contribution in [2.75, 3.05) is 13.6 Å². The number of likely N-dealkylation sites (N-methyl/N-ethyl adjacent to an activating group) is 1. The van der Waals surface area contributed by atoms with E-state index in [2.05, 4.69) is 0 Å². The molecule has 1 aromatic carbocycles. The number of ketones is 1. The van der Waals surface area contributed by atoms with Crippen LogP contribution in [0.4, 0.5) is 4.39 Å². The Morgan fingerprint density at radius 3 is 2.53 bits per heavy atom. The third-order valence-corrected chi connectivity index (χ3v) is 3.90. The molecule has 2 aromatic rings. The minimum Gasteiger partial charge on any atom is -0.295 e. The molecule has 0 unspecified atom stereocenters. The van der Waals surface area contributed by atoms with Gasteiger partial charge in [-0.1, -0.05) is 23.7 Å². The molecule has 100 valence electrons. The minimum absolute atomic E-state index is 0.0431. The Kier molecular flexibility index (Phi) is 4.69. The molecular formula is C14H13ClFNOS. The quantitative estimate of drug-likeness (QED) is 0.781. The predicted octanol–water partition coefficient (Wildman–Crippen LogP) is 3.86. The van der Waals surface area contributed by atoms with Crippen LogP contribution in [0, 0.1) is 5.82 Å². The summed E-state index contributed by atoms with van der Waals surface area (Å²) in [6.07, 6.45) is 0. The summed E-state index contributed by atoms with van der Waals surface area (Å²) in [7, 11) is 1.86. The normalized spacial score (nSPS) is 10.9. The Morgan fingerprint density at radius 1 is 1.26 bits per heavy atom. The molecule has 0 amide bonds. The molecule has 1 aromatic heterocycles. The Labute approximate surface area is 120 Å². The van der Waals surface area contributed by atoms with Gasteiger partial charge in [-0.3, -0.25) is 9.69 Å². The molecule has 0 spiro atoms. The van der Waals surface area contributed by atoms with Crippen LogP contribution < -0.4 is 0 Å². The fraction of sp³-hybridized carbons (Fsp3) is 0.214. The maximum absolute atomic E-state index is 12.8. The van der Waals surface area contributed by atoms with Gasteiger partial charge in [0.15, 0.2) is 5.78 Å². The zero-order valence-electron chi connectivity index (χ0n) is 10.4. The van der Waals surface area contributed by atoms with Gasteiger partial charge in [0, 0.05) is 6.54 Å². The van der Waals surface area contributed by atoms with E-state index in [0.717, 1.165) is 5.56 Å². The summed E-state index contributed by atoms with van der Waals surface area (Å²) in [5.41, 5.74) is 0.973. The van der Waals surface area contributed by atoms with Crippen LogP contribution in [-0.2, 0) is 6.54 Å². The monoisotopic (exact) mass is 297 g/mol. The maximum Gasteiger partial charge on any atom is 0.186 e. The van der Waals surface area contributed by atoms with Crippen molar-refractivity contribution in [3.05, 3.63) is 57.0 Å².